The first-order valence-corrected chi connectivity index (χ1v) is 7.56. The second-order valence-electron chi connectivity index (χ2n) is 4.99. The average Bonchev–Trinajstić information content (AvgIpc) is 2.48. The van der Waals surface area contributed by atoms with Crippen molar-refractivity contribution in [3.05, 3.63) is 58.1 Å². The van der Waals surface area contributed by atoms with Crippen molar-refractivity contribution in [2.45, 2.75) is 13.8 Å². The number of nitrogens with two attached hydrogens (primary N) is 1. The molecule has 0 aromatic heterocycles. The molecule has 1 atom stereocenters. The summed E-state index contributed by atoms with van der Waals surface area (Å²) in [5, 5.41) is 9.78. The molecule has 0 saturated heterocycles. The SMILES string of the molecule is CC(CN)CO.Cc1cc(Cl)ccc1-c1ccc(Cl)cc1. The predicted octanol–water partition coefficient (Wildman–Crippen LogP) is 4.54. The largest absolute Gasteiger partial charge is 0.396 e. The maximum atomic E-state index is 8.25. The zero-order chi connectivity index (χ0) is 15.8. The fourth-order valence-corrected chi connectivity index (χ4v) is 2.01. The van der Waals surface area contributed by atoms with Crippen LogP contribution in [-0.2, 0) is 0 Å². The molecule has 2 aromatic carbocycles. The molecule has 0 fully saturated rings. The van der Waals surface area contributed by atoms with E-state index in [1.54, 1.807) is 0 Å². The van der Waals surface area contributed by atoms with Crippen LogP contribution in [0.1, 0.15) is 12.5 Å². The average molecular weight is 326 g/mol. The highest BCUT2D eigenvalue weighted by atomic mass is 35.5. The third kappa shape index (κ3) is 6.06. The molecule has 0 heterocycles. The fourth-order valence-electron chi connectivity index (χ4n) is 1.65. The molecule has 2 rings (SSSR count). The van der Waals surface area contributed by atoms with Crippen molar-refractivity contribution in [3.8, 4) is 11.1 Å². The first kappa shape index (κ1) is 18.0. The molecule has 21 heavy (non-hydrogen) atoms. The molecule has 0 spiro atoms. The monoisotopic (exact) mass is 325 g/mol. The Morgan fingerprint density at radius 2 is 1.62 bits per heavy atom. The maximum absolute atomic E-state index is 8.25. The van der Waals surface area contributed by atoms with Crippen LogP contribution in [0.5, 0.6) is 0 Å². The van der Waals surface area contributed by atoms with Crippen molar-refractivity contribution in [1.29, 1.82) is 0 Å². The standard InChI is InChI=1S/C13H10Cl2.C4H11NO/c1-9-8-12(15)6-7-13(9)10-2-4-11(14)5-3-10;1-4(2-5)3-6/h2-8H,1H3;4,6H,2-3,5H2,1H3. The van der Waals surface area contributed by atoms with Crippen LogP contribution in [0.3, 0.4) is 0 Å². The topological polar surface area (TPSA) is 46.2 Å². The van der Waals surface area contributed by atoms with Gasteiger partial charge in [-0.25, -0.2) is 0 Å². The second kappa shape index (κ2) is 9.06. The summed E-state index contributed by atoms with van der Waals surface area (Å²) < 4.78 is 0. The molecule has 0 saturated carbocycles. The number of halogens is 2. The minimum atomic E-state index is 0.205. The molecule has 1 unspecified atom stereocenters. The first-order valence-electron chi connectivity index (χ1n) is 6.81. The van der Waals surface area contributed by atoms with Crippen molar-refractivity contribution in [1.82, 2.24) is 0 Å². The highest BCUT2D eigenvalue weighted by molar-refractivity contribution is 6.31. The summed E-state index contributed by atoms with van der Waals surface area (Å²) in [5.41, 5.74) is 8.65. The van der Waals surface area contributed by atoms with Crippen LogP contribution < -0.4 is 5.73 Å². The van der Waals surface area contributed by atoms with Gasteiger partial charge in [0.05, 0.1) is 0 Å². The van der Waals surface area contributed by atoms with Gasteiger partial charge in [0.25, 0.3) is 0 Å². The Hall–Kier alpha value is -1.06. The Morgan fingerprint density at radius 1 is 1.05 bits per heavy atom. The van der Waals surface area contributed by atoms with Crippen LogP contribution in [0.2, 0.25) is 10.0 Å². The Balaban J connectivity index is 0.000000315. The Bertz CT molecular complexity index is 551. The molecule has 0 amide bonds. The van der Waals surface area contributed by atoms with Crippen molar-refractivity contribution < 1.29 is 5.11 Å². The first-order chi connectivity index (χ1) is 9.97. The normalized spacial score (nSPS) is 11.5. The van der Waals surface area contributed by atoms with Gasteiger partial charge in [-0.15, -0.1) is 0 Å². The molecule has 4 heteroatoms. The van der Waals surface area contributed by atoms with Gasteiger partial charge in [0.2, 0.25) is 0 Å². The molecule has 2 aromatic rings. The number of benzene rings is 2. The van der Waals surface area contributed by atoms with E-state index in [0.29, 0.717) is 6.54 Å². The third-order valence-electron chi connectivity index (χ3n) is 3.06. The molecule has 2 nitrogen and oxygen atoms in total. The Kier molecular flexibility index (Phi) is 7.76. The van der Waals surface area contributed by atoms with Crippen LogP contribution in [-0.4, -0.2) is 18.3 Å². The second-order valence-corrected chi connectivity index (χ2v) is 5.86. The van der Waals surface area contributed by atoms with E-state index in [4.69, 9.17) is 34.0 Å². The van der Waals surface area contributed by atoms with Crippen LogP contribution in [0, 0.1) is 12.8 Å². The van der Waals surface area contributed by atoms with Crippen LogP contribution in [0.25, 0.3) is 11.1 Å². The molecular formula is C17H21Cl2NO. The van der Waals surface area contributed by atoms with E-state index >= 15 is 0 Å². The van der Waals surface area contributed by atoms with Gasteiger partial charge >= 0.3 is 0 Å². The number of aliphatic hydroxyl groups excluding tert-OH is 1. The molecule has 0 aliphatic rings. The highest BCUT2D eigenvalue weighted by Gasteiger charge is 2.01. The quantitative estimate of drug-likeness (QED) is 0.870. The molecule has 0 aliphatic heterocycles. The number of hydrogen-bond donors (Lipinski definition) is 2. The summed E-state index contributed by atoms with van der Waals surface area (Å²) in [4.78, 5) is 0. The Morgan fingerprint density at radius 3 is 2.05 bits per heavy atom. The molecule has 0 radical (unpaired) electrons. The summed E-state index contributed by atoms with van der Waals surface area (Å²) in [6, 6.07) is 13.7. The summed E-state index contributed by atoms with van der Waals surface area (Å²) in [6.07, 6.45) is 0. The fraction of sp³-hybridized carbons (Fsp3) is 0.294. The summed E-state index contributed by atoms with van der Waals surface area (Å²) in [5.74, 6) is 0.269. The van der Waals surface area contributed by atoms with Crippen LogP contribution in [0.4, 0.5) is 0 Å². The van der Waals surface area contributed by atoms with Crippen molar-refractivity contribution in [3.63, 3.8) is 0 Å². The highest BCUT2D eigenvalue weighted by Crippen LogP contribution is 2.26. The third-order valence-corrected chi connectivity index (χ3v) is 3.54. The zero-order valence-electron chi connectivity index (χ0n) is 12.3. The minimum absolute atomic E-state index is 0.205. The Labute approximate surface area is 136 Å². The lowest BCUT2D eigenvalue weighted by atomic mass is 10.0. The van der Waals surface area contributed by atoms with Gasteiger partial charge in [-0.05, 0) is 60.3 Å². The van der Waals surface area contributed by atoms with E-state index in [-0.39, 0.29) is 12.5 Å². The van der Waals surface area contributed by atoms with E-state index in [0.717, 1.165) is 15.6 Å². The summed E-state index contributed by atoms with van der Waals surface area (Å²) in [6.45, 7) is 4.74. The lowest BCUT2D eigenvalue weighted by Gasteiger charge is -2.06. The minimum Gasteiger partial charge on any atom is -0.396 e. The van der Waals surface area contributed by atoms with Gasteiger partial charge in [0, 0.05) is 16.7 Å². The molecule has 0 bridgehead atoms. The smallest absolute Gasteiger partial charge is 0.0468 e. The van der Waals surface area contributed by atoms with Gasteiger partial charge in [0.1, 0.15) is 0 Å². The number of rotatable bonds is 3. The number of hydrogen-bond acceptors (Lipinski definition) is 2. The molecule has 114 valence electrons. The number of aliphatic hydroxyl groups is 1. The van der Waals surface area contributed by atoms with Crippen molar-refractivity contribution >= 4 is 23.2 Å². The lowest BCUT2D eigenvalue weighted by Crippen LogP contribution is -2.13. The summed E-state index contributed by atoms with van der Waals surface area (Å²) >= 11 is 11.8. The van der Waals surface area contributed by atoms with Gasteiger partial charge in [-0.2, -0.15) is 0 Å². The van der Waals surface area contributed by atoms with Crippen molar-refractivity contribution in [2.24, 2.45) is 11.7 Å². The van der Waals surface area contributed by atoms with E-state index in [1.165, 1.54) is 11.1 Å². The van der Waals surface area contributed by atoms with Gasteiger partial charge < -0.3 is 10.8 Å². The van der Waals surface area contributed by atoms with E-state index < -0.39 is 0 Å². The number of aryl methyl sites for hydroxylation is 1. The van der Waals surface area contributed by atoms with Gasteiger partial charge in [-0.3, -0.25) is 0 Å². The van der Waals surface area contributed by atoms with Gasteiger partial charge in [-0.1, -0.05) is 48.3 Å². The lowest BCUT2D eigenvalue weighted by molar-refractivity contribution is 0.241. The van der Waals surface area contributed by atoms with Crippen LogP contribution >= 0.6 is 23.2 Å². The maximum Gasteiger partial charge on any atom is 0.0468 e. The molecule has 0 aliphatic carbocycles. The molecule has 3 N–H and O–H groups in total. The predicted molar refractivity (Wildman–Crippen MR) is 91.9 cm³/mol. The van der Waals surface area contributed by atoms with Crippen LogP contribution in [0.15, 0.2) is 42.5 Å². The van der Waals surface area contributed by atoms with Crippen molar-refractivity contribution in [2.75, 3.05) is 13.2 Å². The van der Waals surface area contributed by atoms with Gasteiger partial charge in [0.15, 0.2) is 0 Å². The van der Waals surface area contributed by atoms with E-state index in [2.05, 4.69) is 6.92 Å². The van der Waals surface area contributed by atoms with E-state index in [1.807, 2.05) is 49.4 Å². The summed E-state index contributed by atoms with van der Waals surface area (Å²) in [7, 11) is 0. The zero-order valence-corrected chi connectivity index (χ0v) is 13.8. The van der Waals surface area contributed by atoms with E-state index in [9.17, 15) is 0 Å². The molecular weight excluding hydrogens is 305 g/mol.